The fraction of sp³-hybridized carbons (Fsp3) is 0.533. The van der Waals surface area contributed by atoms with Gasteiger partial charge >= 0.3 is 0 Å². The minimum atomic E-state index is -0.521. The molecule has 5 heteroatoms. The summed E-state index contributed by atoms with van der Waals surface area (Å²) in [6.45, 7) is 4.54. The van der Waals surface area contributed by atoms with E-state index in [9.17, 15) is 10.1 Å². The van der Waals surface area contributed by atoms with Crippen molar-refractivity contribution in [3.8, 4) is 6.07 Å². The Hall–Kier alpha value is -2.09. The second kappa shape index (κ2) is 5.91. The third kappa shape index (κ3) is 3.08. The zero-order chi connectivity index (χ0) is 14.7. The summed E-state index contributed by atoms with van der Waals surface area (Å²) in [5.41, 5.74) is 0.764. The summed E-state index contributed by atoms with van der Waals surface area (Å²) in [7, 11) is 0. The summed E-state index contributed by atoms with van der Waals surface area (Å²) < 4.78 is 0. The van der Waals surface area contributed by atoms with Gasteiger partial charge in [0.05, 0.1) is 4.92 Å². The fourth-order valence-electron chi connectivity index (χ4n) is 2.79. The smallest absolute Gasteiger partial charge is 0.287 e. The Bertz CT molecular complexity index is 551. The van der Waals surface area contributed by atoms with Crippen LogP contribution in [0.4, 0.5) is 11.4 Å². The van der Waals surface area contributed by atoms with E-state index in [0.29, 0.717) is 12.0 Å². The van der Waals surface area contributed by atoms with Crippen molar-refractivity contribution >= 4 is 11.4 Å². The number of hydrogen-bond donors (Lipinski definition) is 1. The second-order valence-electron chi connectivity index (χ2n) is 5.71. The van der Waals surface area contributed by atoms with Crippen LogP contribution in [0.5, 0.6) is 0 Å². The molecule has 1 fully saturated rings. The predicted molar refractivity (Wildman–Crippen MR) is 77.4 cm³/mol. The molecule has 0 bridgehead atoms. The highest BCUT2D eigenvalue weighted by Crippen LogP contribution is 2.31. The zero-order valence-corrected chi connectivity index (χ0v) is 11.8. The largest absolute Gasteiger partial charge is 0.382 e. The summed E-state index contributed by atoms with van der Waals surface area (Å²) in [5, 5.41) is 23.2. The van der Waals surface area contributed by atoms with Crippen molar-refractivity contribution in [2.75, 3.05) is 5.32 Å². The van der Waals surface area contributed by atoms with Crippen LogP contribution >= 0.6 is 0 Å². The molecule has 5 nitrogen and oxygen atoms in total. The van der Waals surface area contributed by atoms with Crippen molar-refractivity contribution in [3.05, 3.63) is 33.9 Å². The van der Waals surface area contributed by atoms with Crippen LogP contribution in [0.25, 0.3) is 0 Å². The van der Waals surface area contributed by atoms with Crippen molar-refractivity contribution in [3.63, 3.8) is 0 Å². The lowest BCUT2D eigenvalue weighted by atomic mass is 9.79. The van der Waals surface area contributed by atoms with Gasteiger partial charge in [0.1, 0.15) is 11.6 Å². The highest BCUT2D eigenvalue weighted by Gasteiger charge is 2.24. The van der Waals surface area contributed by atoms with E-state index < -0.39 is 4.92 Å². The number of anilines is 1. The zero-order valence-electron chi connectivity index (χ0n) is 11.8. The average molecular weight is 273 g/mol. The molecule has 20 heavy (non-hydrogen) atoms. The molecular formula is C15H19N3O2. The highest BCUT2D eigenvalue weighted by atomic mass is 16.6. The molecule has 0 amide bonds. The van der Waals surface area contributed by atoms with E-state index in [0.717, 1.165) is 24.4 Å². The van der Waals surface area contributed by atoms with Gasteiger partial charge in [-0.25, -0.2) is 0 Å². The topological polar surface area (TPSA) is 79.0 Å². The predicted octanol–water partition coefficient (Wildman–Crippen LogP) is 3.70. The summed E-state index contributed by atoms with van der Waals surface area (Å²) in [6, 6.07) is 6.92. The number of nitriles is 1. The summed E-state index contributed by atoms with van der Waals surface area (Å²) in [5.74, 6) is 1.43. The second-order valence-corrected chi connectivity index (χ2v) is 5.71. The quantitative estimate of drug-likeness (QED) is 0.672. The lowest BCUT2D eigenvalue weighted by Crippen LogP contribution is -2.30. The molecule has 1 saturated carbocycles. The first kappa shape index (κ1) is 14.3. The van der Waals surface area contributed by atoms with Gasteiger partial charge in [0.25, 0.3) is 5.69 Å². The molecule has 1 aliphatic carbocycles. The molecule has 1 aromatic rings. The maximum Gasteiger partial charge on any atom is 0.287 e. The Morgan fingerprint density at radius 1 is 1.35 bits per heavy atom. The van der Waals surface area contributed by atoms with Gasteiger partial charge in [0, 0.05) is 17.8 Å². The Kier molecular flexibility index (Phi) is 4.23. The van der Waals surface area contributed by atoms with E-state index in [1.807, 2.05) is 6.07 Å². The van der Waals surface area contributed by atoms with Gasteiger partial charge in [-0.2, -0.15) is 5.26 Å². The van der Waals surface area contributed by atoms with Crippen molar-refractivity contribution in [2.45, 2.75) is 39.2 Å². The highest BCUT2D eigenvalue weighted by molar-refractivity contribution is 5.59. The molecular weight excluding hydrogens is 254 g/mol. The molecule has 3 atom stereocenters. The van der Waals surface area contributed by atoms with Crippen LogP contribution in [0.1, 0.15) is 38.7 Å². The Morgan fingerprint density at radius 2 is 2.10 bits per heavy atom. The third-order valence-electron chi connectivity index (χ3n) is 4.28. The van der Waals surface area contributed by atoms with Gasteiger partial charge in [-0.05, 0) is 43.2 Å². The van der Waals surface area contributed by atoms with Gasteiger partial charge in [0.15, 0.2) is 0 Å². The number of benzene rings is 1. The fourth-order valence-corrected chi connectivity index (χ4v) is 2.79. The molecule has 0 spiro atoms. The van der Waals surface area contributed by atoms with Crippen molar-refractivity contribution in [1.29, 1.82) is 5.26 Å². The number of nitro benzene ring substituents is 1. The molecule has 106 valence electrons. The molecule has 1 aromatic carbocycles. The van der Waals surface area contributed by atoms with Gasteiger partial charge in [-0.15, -0.1) is 0 Å². The first-order valence-electron chi connectivity index (χ1n) is 6.96. The molecule has 3 unspecified atom stereocenters. The lowest BCUT2D eigenvalue weighted by molar-refractivity contribution is -0.385. The molecule has 1 aliphatic rings. The number of hydrogen-bond acceptors (Lipinski definition) is 4. The minimum Gasteiger partial charge on any atom is -0.382 e. The van der Waals surface area contributed by atoms with Crippen LogP contribution in [0, 0.1) is 33.3 Å². The number of rotatable bonds is 3. The van der Waals surface area contributed by atoms with Crippen molar-refractivity contribution in [2.24, 2.45) is 11.8 Å². The molecule has 0 aromatic heterocycles. The number of nitrogens with zero attached hydrogens (tertiary/aromatic N) is 2. The van der Waals surface area contributed by atoms with Gasteiger partial charge in [0.2, 0.25) is 0 Å². The summed E-state index contributed by atoms with van der Waals surface area (Å²) >= 11 is 0. The van der Waals surface area contributed by atoms with Crippen LogP contribution in [-0.2, 0) is 0 Å². The van der Waals surface area contributed by atoms with E-state index in [1.54, 1.807) is 12.1 Å². The van der Waals surface area contributed by atoms with E-state index in [2.05, 4.69) is 19.2 Å². The van der Waals surface area contributed by atoms with Crippen LogP contribution in [0.3, 0.4) is 0 Å². The van der Waals surface area contributed by atoms with Gasteiger partial charge in [-0.1, -0.05) is 13.8 Å². The first-order valence-corrected chi connectivity index (χ1v) is 6.96. The van der Waals surface area contributed by atoms with Crippen LogP contribution < -0.4 is 5.32 Å². The third-order valence-corrected chi connectivity index (χ3v) is 4.28. The maximum atomic E-state index is 10.8. The first-order chi connectivity index (χ1) is 9.51. The number of nitrogens with one attached hydrogen (secondary N) is 1. The maximum absolute atomic E-state index is 10.8. The summed E-state index contributed by atoms with van der Waals surface area (Å²) in [6.07, 6.45) is 3.39. The van der Waals surface area contributed by atoms with Crippen LogP contribution in [0.15, 0.2) is 18.2 Å². The Morgan fingerprint density at radius 3 is 2.70 bits per heavy atom. The SMILES string of the molecule is CC1CCC(Nc2ccc([N+](=O)[O-])c(C#N)c2)CC1C. The normalized spacial score (nSPS) is 25.8. The Labute approximate surface area is 118 Å². The molecule has 0 saturated heterocycles. The minimum absolute atomic E-state index is 0.109. The van der Waals surface area contributed by atoms with Crippen molar-refractivity contribution < 1.29 is 4.92 Å². The Balaban J connectivity index is 2.11. The summed E-state index contributed by atoms with van der Waals surface area (Å²) in [4.78, 5) is 10.3. The monoisotopic (exact) mass is 273 g/mol. The van der Waals surface area contributed by atoms with Crippen molar-refractivity contribution in [1.82, 2.24) is 0 Å². The molecule has 0 radical (unpaired) electrons. The lowest BCUT2D eigenvalue weighted by Gasteiger charge is -2.33. The van der Waals surface area contributed by atoms with Gasteiger partial charge in [-0.3, -0.25) is 10.1 Å². The molecule has 0 aliphatic heterocycles. The van der Waals surface area contributed by atoms with E-state index in [4.69, 9.17) is 5.26 Å². The van der Waals surface area contributed by atoms with E-state index in [1.165, 1.54) is 12.5 Å². The molecule has 0 heterocycles. The molecule has 2 rings (SSSR count). The van der Waals surface area contributed by atoms with Gasteiger partial charge < -0.3 is 5.32 Å². The van der Waals surface area contributed by atoms with E-state index in [-0.39, 0.29) is 11.3 Å². The van der Waals surface area contributed by atoms with Crippen LogP contribution in [-0.4, -0.2) is 11.0 Å². The standard InChI is InChI=1S/C15H19N3O2/c1-10-3-4-13(7-11(10)2)17-14-5-6-15(18(19)20)12(8-14)9-16/h5-6,8,10-11,13,17H,3-4,7H2,1-2H3. The van der Waals surface area contributed by atoms with E-state index >= 15 is 0 Å². The van der Waals surface area contributed by atoms with Crippen LogP contribution in [0.2, 0.25) is 0 Å². The average Bonchev–Trinajstić information content (AvgIpc) is 2.42. The number of nitro groups is 1. The molecule has 1 N–H and O–H groups in total.